The van der Waals surface area contributed by atoms with Gasteiger partial charge in [-0.1, -0.05) is 42.1 Å². The predicted molar refractivity (Wildman–Crippen MR) is 117 cm³/mol. The first-order valence-electron chi connectivity index (χ1n) is 9.58. The molecule has 0 fully saturated rings. The van der Waals surface area contributed by atoms with Crippen LogP contribution in [-0.2, 0) is 4.79 Å². The second-order valence-electron chi connectivity index (χ2n) is 6.88. The molecular weight excluding hydrogens is 396 g/mol. The van der Waals surface area contributed by atoms with E-state index in [0.717, 1.165) is 27.7 Å². The summed E-state index contributed by atoms with van der Waals surface area (Å²) in [6.45, 7) is 4.04. The van der Waals surface area contributed by atoms with E-state index in [-0.39, 0.29) is 11.9 Å². The Morgan fingerprint density at radius 2 is 1.97 bits per heavy atom. The van der Waals surface area contributed by atoms with Gasteiger partial charge in [0.15, 0.2) is 5.16 Å². The van der Waals surface area contributed by atoms with Crippen LogP contribution in [-0.4, -0.2) is 36.0 Å². The number of aryl methyl sites for hydroxylation is 1. The molecule has 7 nitrogen and oxygen atoms in total. The van der Waals surface area contributed by atoms with Gasteiger partial charge in [-0.2, -0.15) is 5.10 Å². The summed E-state index contributed by atoms with van der Waals surface area (Å²) in [4.78, 5) is 20.9. The number of nitrogens with zero attached hydrogens (tertiary/aromatic N) is 5. The summed E-state index contributed by atoms with van der Waals surface area (Å²) in [7, 11) is 0. The molecular formula is C22H22N6OS. The summed E-state index contributed by atoms with van der Waals surface area (Å²) in [5, 5.41) is 7.97. The second kappa shape index (κ2) is 8.96. The van der Waals surface area contributed by atoms with Gasteiger partial charge in [0.05, 0.1) is 23.2 Å². The molecule has 2 aromatic heterocycles. The van der Waals surface area contributed by atoms with E-state index in [1.165, 1.54) is 18.1 Å². The van der Waals surface area contributed by atoms with E-state index in [1.807, 2.05) is 60.2 Å². The van der Waals surface area contributed by atoms with Crippen LogP contribution >= 0.6 is 11.8 Å². The Kier molecular flexibility index (Phi) is 5.94. The SMILES string of the molecule is Cc1ccccc1-n1ccnc1SCC(=O)N[C@@H](C)c1ccc(-n2cncn2)cc1. The lowest BCUT2D eigenvalue weighted by Gasteiger charge is -2.15. The van der Waals surface area contributed by atoms with Crippen molar-refractivity contribution in [2.75, 3.05) is 5.75 Å². The van der Waals surface area contributed by atoms with E-state index in [0.29, 0.717) is 5.75 Å². The number of thioether (sulfide) groups is 1. The van der Waals surface area contributed by atoms with Crippen molar-refractivity contribution in [1.82, 2.24) is 29.6 Å². The third kappa shape index (κ3) is 4.44. The first kappa shape index (κ1) is 19.9. The molecule has 0 unspecified atom stereocenters. The lowest BCUT2D eigenvalue weighted by molar-refractivity contribution is -0.119. The van der Waals surface area contributed by atoms with Crippen molar-refractivity contribution >= 4 is 17.7 Å². The molecule has 1 atom stereocenters. The number of amides is 1. The molecule has 1 N–H and O–H groups in total. The highest BCUT2D eigenvalue weighted by molar-refractivity contribution is 7.99. The van der Waals surface area contributed by atoms with Crippen molar-refractivity contribution < 1.29 is 4.79 Å². The van der Waals surface area contributed by atoms with Crippen molar-refractivity contribution in [3.63, 3.8) is 0 Å². The smallest absolute Gasteiger partial charge is 0.230 e. The molecule has 2 heterocycles. The van der Waals surface area contributed by atoms with Crippen LogP contribution in [0.3, 0.4) is 0 Å². The summed E-state index contributed by atoms with van der Waals surface area (Å²) >= 11 is 1.42. The third-order valence-electron chi connectivity index (χ3n) is 4.77. The van der Waals surface area contributed by atoms with Crippen molar-refractivity contribution in [3.05, 3.63) is 84.7 Å². The number of nitrogens with one attached hydrogen (secondary N) is 1. The van der Waals surface area contributed by atoms with Gasteiger partial charge in [0.25, 0.3) is 0 Å². The number of aromatic nitrogens is 5. The molecule has 152 valence electrons. The van der Waals surface area contributed by atoms with Crippen LogP contribution in [0.1, 0.15) is 24.1 Å². The van der Waals surface area contributed by atoms with Gasteiger partial charge < -0.3 is 5.32 Å². The Morgan fingerprint density at radius 3 is 2.70 bits per heavy atom. The van der Waals surface area contributed by atoms with Gasteiger partial charge in [0.2, 0.25) is 5.91 Å². The van der Waals surface area contributed by atoms with Gasteiger partial charge >= 0.3 is 0 Å². The number of hydrogen-bond donors (Lipinski definition) is 1. The third-order valence-corrected chi connectivity index (χ3v) is 5.73. The summed E-state index contributed by atoms with van der Waals surface area (Å²) in [5.41, 5.74) is 4.18. The second-order valence-corrected chi connectivity index (χ2v) is 7.82. The number of hydrogen-bond acceptors (Lipinski definition) is 5. The number of carbonyl (C=O) groups is 1. The Labute approximate surface area is 179 Å². The maximum atomic E-state index is 12.5. The molecule has 0 spiro atoms. The van der Waals surface area contributed by atoms with Crippen molar-refractivity contribution in [2.45, 2.75) is 25.0 Å². The number of carbonyl (C=O) groups excluding carboxylic acids is 1. The van der Waals surface area contributed by atoms with Crippen LogP contribution in [0.5, 0.6) is 0 Å². The van der Waals surface area contributed by atoms with Gasteiger partial charge in [0.1, 0.15) is 12.7 Å². The van der Waals surface area contributed by atoms with Crippen LogP contribution in [0.4, 0.5) is 0 Å². The van der Waals surface area contributed by atoms with E-state index in [1.54, 1.807) is 17.2 Å². The molecule has 4 rings (SSSR count). The zero-order valence-corrected chi connectivity index (χ0v) is 17.6. The van der Waals surface area contributed by atoms with E-state index in [9.17, 15) is 4.79 Å². The van der Waals surface area contributed by atoms with E-state index in [2.05, 4.69) is 33.4 Å². The monoisotopic (exact) mass is 418 g/mol. The lowest BCUT2D eigenvalue weighted by Crippen LogP contribution is -2.28. The van der Waals surface area contributed by atoms with Gasteiger partial charge in [-0.05, 0) is 43.2 Å². The molecule has 0 aliphatic heterocycles. The van der Waals surface area contributed by atoms with E-state index >= 15 is 0 Å². The normalized spacial score (nSPS) is 11.9. The van der Waals surface area contributed by atoms with Gasteiger partial charge in [-0.3, -0.25) is 9.36 Å². The standard InChI is InChI=1S/C22H22N6OS/c1-16-5-3-4-6-20(16)27-12-11-24-22(27)30-13-21(29)26-17(2)18-7-9-19(10-8-18)28-15-23-14-25-28/h3-12,14-15,17H,13H2,1-2H3,(H,26,29)/t17-/m0/s1. The van der Waals surface area contributed by atoms with Crippen LogP contribution < -0.4 is 5.32 Å². The van der Waals surface area contributed by atoms with Crippen molar-refractivity contribution in [2.24, 2.45) is 0 Å². The maximum Gasteiger partial charge on any atom is 0.230 e. The van der Waals surface area contributed by atoms with Crippen LogP contribution in [0.2, 0.25) is 0 Å². The predicted octanol–water partition coefficient (Wildman–Crippen LogP) is 3.73. The molecule has 2 aromatic carbocycles. The van der Waals surface area contributed by atoms with Crippen LogP contribution in [0.25, 0.3) is 11.4 Å². The summed E-state index contributed by atoms with van der Waals surface area (Å²) < 4.78 is 3.71. The van der Waals surface area contributed by atoms with Gasteiger partial charge in [0, 0.05) is 12.4 Å². The van der Waals surface area contributed by atoms with E-state index < -0.39 is 0 Å². The van der Waals surface area contributed by atoms with Gasteiger partial charge in [-0.25, -0.2) is 14.6 Å². The maximum absolute atomic E-state index is 12.5. The number of imidazole rings is 1. The average Bonchev–Trinajstić information content (AvgIpc) is 3.45. The summed E-state index contributed by atoms with van der Waals surface area (Å²) in [5.74, 6) is 0.261. The lowest BCUT2D eigenvalue weighted by atomic mass is 10.1. The first-order chi connectivity index (χ1) is 14.6. The fraction of sp³-hybridized carbons (Fsp3) is 0.182. The molecule has 8 heteroatoms. The molecule has 0 saturated heterocycles. The molecule has 1 amide bonds. The summed E-state index contributed by atoms with van der Waals surface area (Å²) in [6.07, 6.45) is 6.82. The molecule has 0 radical (unpaired) electrons. The molecule has 0 aliphatic rings. The minimum atomic E-state index is -0.0981. The number of rotatable bonds is 7. The van der Waals surface area contributed by atoms with Crippen molar-refractivity contribution in [3.8, 4) is 11.4 Å². The highest BCUT2D eigenvalue weighted by atomic mass is 32.2. The highest BCUT2D eigenvalue weighted by Gasteiger charge is 2.13. The van der Waals surface area contributed by atoms with Gasteiger partial charge in [-0.15, -0.1) is 0 Å². The number of benzene rings is 2. The fourth-order valence-corrected chi connectivity index (χ4v) is 3.94. The van der Waals surface area contributed by atoms with Crippen LogP contribution in [0.15, 0.2) is 78.7 Å². The largest absolute Gasteiger partial charge is 0.349 e. The Bertz CT molecular complexity index is 1120. The van der Waals surface area contributed by atoms with E-state index in [4.69, 9.17) is 0 Å². The minimum absolute atomic E-state index is 0.0350. The zero-order chi connectivity index (χ0) is 20.9. The first-order valence-corrected chi connectivity index (χ1v) is 10.6. The van der Waals surface area contributed by atoms with Crippen LogP contribution in [0, 0.1) is 6.92 Å². The average molecular weight is 419 g/mol. The Hall–Kier alpha value is -3.39. The molecule has 0 aliphatic carbocycles. The fourth-order valence-electron chi connectivity index (χ4n) is 3.17. The molecule has 4 aromatic rings. The Balaban J connectivity index is 1.35. The molecule has 0 bridgehead atoms. The quantitative estimate of drug-likeness (QED) is 0.463. The summed E-state index contributed by atoms with van der Waals surface area (Å²) in [6, 6.07) is 15.9. The van der Waals surface area contributed by atoms with Crippen molar-refractivity contribution in [1.29, 1.82) is 0 Å². The zero-order valence-electron chi connectivity index (χ0n) is 16.8. The molecule has 0 saturated carbocycles. The highest BCUT2D eigenvalue weighted by Crippen LogP contribution is 2.23. The topological polar surface area (TPSA) is 77.6 Å². The number of para-hydroxylation sites is 1. The molecule has 30 heavy (non-hydrogen) atoms. The Morgan fingerprint density at radius 1 is 1.17 bits per heavy atom. The minimum Gasteiger partial charge on any atom is -0.349 e.